The fourth-order valence-corrected chi connectivity index (χ4v) is 2.29. The Balaban J connectivity index is 2.00. The number of ether oxygens (including phenoxy) is 1. The summed E-state index contributed by atoms with van der Waals surface area (Å²) in [5, 5.41) is 10.2. The molecule has 0 bridgehead atoms. The SMILES string of the molecule is OC(c1ccc2c(c1)CCO2)c1cccc(F)c1F. The molecule has 0 saturated heterocycles. The first-order valence-corrected chi connectivity index (χ1v) is 6.04. The summed E-state index contributed by atoms with van der Waals surface area (Å²) in [6.07, 6.45) is -0.414. The molecule has 0 amide bonds. The van der Waals surface area contributed by atoms with Gasteiger partial charge in [0.15, 0.2) is 11.6 Å². The lowest BCUT2D eigenvalue weighted by molar-refractivity contribution is 0.213. The van der Waals surface area contributed by atoms with Crippen molar-refractivity contribution < 1.29 is 18.6 Å². The molecule has 4 heteroatoms. The summed E-state index contributed by atoms with van der Waals surface area (Å²) in [7, 11) is 0. The van der Waals surface area contributed by atoms with E-state index >= 15 is 0 Å². The highest BCUT2D eigenvalue weighted by atomic mass is 19.2. The summed E-state index contributed by atoms with van der Waals surface area (Å²) >= 11 is 0. The summed E-state index contributed by atoms with van der Waals surface area (Å²) in [5.74, 6) is -1.18. The Kier molecular flexibility index (Phi) is 2.95. The van der Waals surface area contributed by atoms with E-state index in [1.165, 1.54) is 12.1 Å². The Morgan fingerprint density at radius 3 is 2.84 bits per heavy atom. The van der Waals surface area contributed by atoms with Crippen LogP contribution in [0.15, 0.2) is 36.4 Å². The summed E-state index contributed by atoms with van der Waals surface area (Å²) < 4.78 is 32.2. The molecule has 2 aromatic carbocycles. The molecule has 1 heterocycles. The normalized spacial score (nSPS) is 14.9. The van der Waals surface area contributed by atoms with Gasteiger partial charge in [-0.05, 0) is 29.3 Å². The van der Waals surface area contributed by atoms with Gasteiger partial charge in [-0.1, -0.05) is 18.2 Å². The molecule has 19 heavy (non-hydrogen) atoms. The number of fused-ring (bicyclic) bond motifs is 1. The monoisotopic (exact) mass is 262 g/mol. The maximum absolute atomic E-state index is 13.7. The minimum Gasteiger partial charge on any atom is -0.493 e. The van der Waals surface area contributed by atoms with Crippen molar-refractivity contribution in [3.05, 3.63) is 64.7 Å². The molecular formula is C15H12F2O2. The third kappa shape index (κ3) is 2.08. The van der Waals surface area contributed by atoms with E-state index in [-0.39, 0.29) is 5.56 Å². The molecule has 1 N–H and O–H groups in total. The number of aliphatic hydroxyl groups is 1. The first kappa shape index (κ1) is 12.1. The topological polar surface area (TPSA) is 29.5 Å². The summed E-state index contributed by atoms with van der Waals surface area (Å²) in [4.78, 5) is 0. The lowest BCUT2D eigenvalue weighted by atomic mass is 9.98. The maximum Gasteiger partial charge on any atom is 0.164 e. The van der Waals surface area contributed by atoms with Gasteiger partial charge in [-0.15, -0.1) is 0 Å². The Morgan fingerprint density at radius 2 is 2.00 bits per heavy atom. The highest BCUT2D eigenvalue weighted by molar-refractivity contribution is 5.42. The molecule has 1 aliphatic heterocycles. The van der Waals surface area contributed by atoms with Crippen LogP contribution in [0.2, 0.25) is 0 Å². The van der Waals surface area contributed by atoms with Crippen molar-refractivity contribution in [3.63, 3.8) is 0 Å². The van der Waals surface area contributed by atoms with E-state index in [9.17, 15) is 13.9 Å². The predicted octanol–water partition coefficient (Wildman–Crippen LogP) is 2.98. The smallest absolute Gasteiger partial charge is 0.164 e. The first-order valence-electron chi connectivity index (χ1n) is 6.04. The zero-order chi connectivity index (χ0) is 13.4. The van der Waals surface area contributed by atoms with Crippen molar-refractivity contribution in [3.8, 4) is 5.75 Å². The Bertz CT molecular complexity index is 626. The second-order valence-corrected chi connectivity index (χ2v) is 4.51. The predicted molar refractivity (Wildman–Crippen MR) is 66.1 cm³/mol. The van der Waals surface area contributed by atoms with Crippen LogP contribution in [-0.4, -0.2) is 11.7 Å². The second-order valence-electron chi connectivity index (χ2n) is 4.51. The van der Waals surface area contributed by atoms with E-state index in [0.717, 1.165) is 23.8 Å². The first-order chi connectivity index (χ1) is 9.16. The molecule has 98 valence electrons. The van der Waals surface area contributed by atoms with Gasteiger partial charge in [0.1, 0.15) is 11.9 Å². The van der Waals surface area contributed by atoms with Gasteiger partial charge in [-0.25, -0.2) is 8.78 Å². The van der Waals surface area contributed by atoms with E-state index in [1.54, 1.807) is 18.2 Å². The van der Waals surface area contributed by atoms with Crippen LogP contribution in [0.4, 0.5) is 8.78 Å². The number of halogens is 2. The van der Waals surface area contributed by atoms with Crippen LogP contribution in [-0.2, 0) is 6.42 Å². The summed E-state index contributed by atoms with van der Waals surface area (Å²) in [6.45, 7) is 0.614. The molecule has 0 saturated carbocycles. The molecule has 1 aliphatic rings. The zero-order valence-electron chi connectivity index (χ0n) is 10.1. The van der Waals surface area contributed by atoms with Gasteiger partial charge in [-0.3, -0.25) is 0 Å². The quantitative estimate of drug-likeness (QED) is 0.901. The van der Waals surface area contributed by atoms with E-state index in [1.807, 2.05) is 0 Å². The largest absolute Gasteiger partial charge is 0.493 e. The van der Waals surface area contributed by atoms with Crippen LogP contribution >= 0.6 is 0 Å². The van der Waals surface area contributed by atoms with Crippen LogP contribution in [0.25, 0.3) is 0 Å². The van der Waals surface area contributed by atoms with E-state index in [4.69, 9.17) is 4.74 Å². The van der Waals surface area contributed by atoms with Gasteiger partial charge >= 0.3 is 0 Å². The van der Waals surface area contributed by atoms with Crippen LogP contribution in [0.3, 0.4) is 0 Å². The van der Waals surface area contributed by atoms with Crippen molar-refractivity contribution in [2.24, 2.45) is 0 Å². The van der Waals surface area contributed by atoms with Crippen molar-refractivity contribution >= 4 is 0 Å². The minimum absolute atomic E-state index is 0.0566. The summed E-state index contributed by atoms with van der Waals surface area (Å²) in [5.41, 5.74) is 1.46. The van der Waals surface area contributed by atoms with Gasteiger partial charge in [0, 0.05) is 12.0 Å². The average Bonchev–Trinajstić information content (AvgIpc) is 2.88. The lowest BCUT2D eigenvalue weighted by Gasteiger charge is -2.13. The van der Waals surface area contributed by atoms with Crippen molar-refractivity contribution in [1.29, 1.82) is 0 Å². The molecule has 2 nitrogen and oxygen atoms in total. The molecule has 0 spiro atoms. The van der Waals surface area contributed by atoms with E-state index in [0.29, 0.717) is 12.2 Å². The lowest BCUT2D eigenvalue weighted by Crippen LogP contribution is -2.04. The highest BCUT2D eigenvalue weighted by Gasteiger charge is 2.20. The van der Waals surface area contributed by atoms with Gasteiger partial charge in [-0.2, -0.15) is 0 Å². The fourth-order valence-electron chi connectivity index (χ4n) is 2.29. The van der Waals surface area contributed by atoms with E-state index < -0.39 is 17.7 Å². The molecular weight excluding hydrogens is 250 g/mol. The van der Waals surface area contributed by atoms with Crippen LogP contribution in [0.5, 0.6) is 5.75 Å². The number of hydrogen-bond donors (Lipinski definition) is 1. The fraction of sp³-hybridized carbons (Fsp3) is 0.200. The van der Waals surface area contributed by atoms with Crippen molar-refractivity contribution in [1.82, 2.24) is 0 Å². The molecule has 0 fully saturated rings. The molecule has 0 radical (unpaired) electrons. The number of rotatable bonds is 2. The minimum atomic E-state index is -1.18. The Morgan fingerprint density at radius 1 is 1.16 bits per heavy atom. The second kappa shape index (κ2) is 4.63. The van der Waals surface area contributed by atoms with Crippen LogP contribution < -0.4 is 4.74 Å². The van der Waals surface area contributed by atoms with Crippen molar-refractivity contribution in [2.75, 3.05) is 6.61 Å². The Labute approximate surface area is 109 Å². The van der Waals surface area contributed by atoms with Crippen LogP contribution in [0, 0.1) is 11.6 Å². The summed E-state index contributed by atoms with van der Waals surface area (Å²) in [6, 6.07) is 8.98. The molecule has 0 aromatic heterocycles. The number of benzene rings is 2. The van der Waals surface area contributed by atoms with Gasteiger partial charge in [0.25, 0.3) is 0 Å². The Hall–Kier alpha value is -1.94. The highest BCUT2D eigenvalue weighted by Crippen LogP contribution is 2.31. The zero-order valence-corrected chi connectivity index (χ0v) is 10.1. The average molecular weight is 262 g/mol. The molecule has 0 aliphatic carbocycles. The standard InChI is InChI=1S/C15H12F2O2/c16-12-3-1-2-11(14(12)17)15(18)10-4-5-13-9(8-10)6-7-19-13/h1-5,8,15,18H,6-7H2. The maximum atomic E-state index is 13.7. The molecule has 3 rings (SSSR count). The third-order valence-corrected chi connectivity index (χ3v) is 3.31. The number of aliphatic hydroxyl groups excluding tert-OH is 1. The molecule has 2 aromatic rings. The number of hydrogen-bond acceptors (Lipinski definition) is 2. The van der Waals surface area contributed by atoms with E-state index in [2.05, 4.69) is 0 Å². The van der Waals surface area contributed by atoms with Crippen molar-refractivity contribution in [2.45, 2.75) is 12.5 Å². The van der Waals surface area contributed by atoms with Gasteiger partial charge in [0.05, 0.1) is 6.61 Å². The molecule has 1 unspecified atom stereocenters. The van der Waals surface area contributed by atoms with Gasteiger partial charge in [0.2, 0.25) is 0 Å². The van der Waals surface area contributed by atoms with Crippen LogP contribution in [0.1, 0.15) is 22.8 Å². The molecule has 1 atom stereocenters. The third-order valence-electron chi connectivity index (χ3n) is 3.31. The van der Waals surface area contributed by atoms with Gasteiger partial charge < -0.3 is 9.84 Å².